The summed E-state index contributed by atoms with van der Waals surface area (Å²) in [6.45, 7) is 0. The number of carbonyl (C=O) groups excluding carboxylic acids is 3. The maximum atomic E-state index is 10.4. The van der Waals surface area contributed by atoms with E-state index in [0.29, 0.717) is 6.42 Å². The van der Waals surface area contributed by atoms with E-state index in [1.165, 1.54) is 0 Å². The van der Waals surface area contributed by atoms with Crippen molar-refractivity contribution in [2.45, 2.75) is 19.3 Å². The average molecular weight is 126 g/mol. The van der Waals surface area contributed by atoms with E-state index < -0.39 is 17.3 Å². The predicted molar refractivity (Wildman–Crippen MR) is 28.9 cm³/mol. The summed E-state index contributed by atoms with van der Waals surface area (Å²) in [7, 11) is 0. The largest absolute Gasteiger partial charge is 0.290 e. The zero-order chi connectivity index (χ0) is 6.85. The minimum absolute atomic E-state index is 0.255. The van der Waals surface area contributed by atoms with E-state index in [1.54, 1.807) is 0 Å². The van der Waals surface area contributed by atoms with Gasteiger partial charge in [0.2, 0.25) is 11.6 Å². The van der Waals surface area contributed by atoms with Crippen molar-refractivity contribution in [2.75, 3.05) is 0 Å². The first-order valence-electron chi connectivity index (χ1n) is 2.82. The summed E-state index contributed by atoms with van der Waals surface area (Å²) in [5, 5.41) is 0. The summed E-state index contributed by atoms with van der Waals surface area (Å²) in [6, 6.07) is 0. The fourth-order valence-corrected chi connectivity index (χ4v) is 0.792. The van der Waals surface area contributed by atoms with Gasteiger partial charge in [-0.1, -0.05) is 0 Å². The van der Waals surface area contributed by atoms with E-state index in [9.17, 15) is 14.4 Å². The highest BCUT2D eigenvalue weighted by molar-refractivity contribution is 6.64. The summed E-state index contributed by atoms with van der Waals surface area (Å²) in [4.78, 5) is 31.3. The van der Waals surface area contributed by atoms with E-state index in [-0.39, 0.29) is 12.8 Å². The topological polar surface area (TPSA) is 51.2 Å². The van der Waals surface area contributed by atoms with Crippen LogP contribution >= 0.6 is 0 Å². The predicted octanol–water partition coefficient (Wildman–Crippen LogP) is -0.122. The van der Waals surface area contributed by atoms with Gasteiger partial charge in [0.1, 0.15) is 0 Å². The molecular formula is C6H6O3. The molecule has 9 heavy (non-hydrogen) atoms. The van der Waals surface area contributed by atoms with Crippen LogP contribution in [-0.4, -0.2) is 17.3 Å². The van der Waals surface area contributed by atoms with Gasteiger partial charge < -0.3 is 0 Å². The van der Waals surface area contributed by atoms with E-state index in [0.717, 1.165) is 0 Å². The lowest BCUT2D eigenvalue weighted by Crippen LogP contribution is -2.27. The van der Waals surface area contributed by atoms with Crippen LogP contribution in [-0.2, 0) is 14.4 Å². The molecule has 3 heteroatoms. The van der Waals surface area contributed by atoms with Gasteiger partial charge in [0, 0.05) is 12.8 Å². The summed E-state index contributed by atoms with van der Waals surface area (Å²) >= 11 is 0. The molecule has 1 saturated carbocycles. The molecule has 0 aromatic rings. The summed E-state index contributed by atoms with van der Waals surface area (Å²) in [6.07, 6.45) is 1.05. The van der Waals surface area contributed by atoms with Crippen molar-refractivity contribution in [3.63, 3.8) is 0 Å². The Kier molecular flexibility index (Phi) is 1.42. The van der Waals surface area contributed by atoms with E-state index in [2.05, 4.69) is 0 Å². The van der Waals surface area contributed by atoms with Crippen molar-refractivity contribution in [1.29, 1.82) is 0 Å². The van der Waals surface area contributed by atoms with Gasteiger partial charge in [0.15, 0.2) is 0 Å². The number of hydrogen-bond acceptors (Lipinski definition) is 3. The highest BCUT2D eigenvalue weighted by Crippen LogP contribution is 2.06. The minimum Gasteiger partial charge on any atom is -0.290 e. The second-order valence-corrected chi connectivity index (χ2v) is 2.03. The number of Topliss-reactive ketones (excluding diaryl/α,β-unsaturated/α-hetero) is 3. The Morgan fingerprint density at radius 3 is 1.67 bits per heavy atom. The monoisotopic (exact) mass is 126 g/mol. The van der Waals surface area contributed by atoms with Gasteiger partial charge in [-0.3, -0.25) is 14.4 Å². The molecular weight excluding hydrogens is 120 g/mol. The molecule has 0 aromatic carbocycles. The minimum atomic E-state index is -0.804. The lowest BCUT2D eigenvalue weighted by atomic mass is 9.97. The highest BCUT2D eigenvalue weighted by Gasteiger charge is 2.26. The smallest absolute Gasteiger partial charge is 0.264 e. The third kappa shape index (κ3) is 1.04. The molecule has 0 bridgehead atoms. The number of rotatable bonds is 0. The molecule has 0 aromatic heterocycles. The Morgan fingerprint density at radius 1 is 0.889 bits per heavy atom. The van der Waals surface area contributed by atoms with Crippen molar-refractivity contribution >= 4 is 17.3 Å². The molecule has 1 fully saturated rings. The van der Waals surface area contributed by atoms with Gasteiger partial charge in [-0.05, 0) is 6.42 Å². The first-order valence-corrected chi connectivity index (χ1v) is 2.82. The van der Waals surface area contributed by atoms with Gasteiger partial charge in [-0.15, -0.1) is 0 Å². The molecule has 0 saturated heterocycles. The van der Waals surface area contributed by atoms with Crippen molar-refractivity contribution < 1.29 is 14.4 Å². The maximum Gasteiger partial charge on any atom is 0.264 e. The molecule has 0 atom stereocenters. The Hall–Kier alpha value is -0.990. The van der Waals surface area contributed by atoms with E-state index >= 15 is 0 Å². The molecule has 0 spiro atoms. The first kappa shape index (κ1) is 6.13. The fraction of sp³-hybridized carbons (Fsp3) is 0.500. The lowest BCUT2D eigenvalue weighted by molar-refractivity contribution is -0.145. The maximum absolute atomic E-state index is 10.4. The van der Waals surface area contributed by atoms with Crippen molar-refractivity contribution in [2.24, 2.45) is 0 Å². The molecule has 48 valence electrons. The van der Waals surface area contributed by atoms with Crippen LogP contribution in [0.4, 0.5) is 0 Å². The second kappa shape index (κ2) is 2.09. The Morgan fingerprint density at radius 2 is 1.33 bits per heavy atom. The van der Waals surface area contributed by atoms with Crippen LogP contribution in [0.25, 0.3) is 0 Å². The van der Waals surface area contributed by atoms with Crippen molar-refractivity contribution in [1.82, 2.24) is 0 Å². The van der Waals surface area contributed by atoms with Crippen molar-refractivity contribution in [3.05, 3.63) is 0 Å². The summed E-state index contributed by atoms with van der Waals surface area (Å²) in [5.74, 6) is -1.85. The number of carbonyl (C=O) groups is 3. The van der Waals surface area contributed by atoms with Crippen LogP contribution in [0, 0.1) is 0 Å². The third-order valence-corrected chi connectivity index (χ3v) is 1.31. The molecule has 0 aliphatic heterocycles. The molecule has 0 heterocycles. The molecule has 0 amide bonds. The zero-order valence-electron chi connectivity index (χ0n) is 4.85. The van der Waals surface area contributed by atoms with Crippen LogP contribution in [0.3, 0.4) is 0 Å². The molecule has 1 rings (SSSR count). The van der Waals surface area contributed by atoms with Crippen LogP contribution in [0.5, 0.6) is 0 Å². The van der Waals surface area contributed by atoms with E-state index in [1.807, 2.05) is 0 Å². The van der Waals surface area contributed by atoms with Crippen LogP contribution < -0.4 is 0 Å². The summed E-state index contributed by atoms with van der Waals surface area (Å²) < 4.78 is 0. The van der Waals surface area contributed by atoms with Crippen LogP contribution in [0.15, 0.2) is 0 Å². The normalized spacial score (nSPS) is 20.7. The zero-order valence-corrected chi connectivity index (χ0v) is 4.85. The molecule has 1 aliphatic rings. The standard InChI is InChI=1S/C6H6O3/c7-4-2-1-3-5(8)6(4)9/h1-3H2. The highest BCUT2D eigenvalue weighted by atomic mass is 16.2. The Balaban J connectivity index is 2.74. The van der Waals surface area contributed by atoms with Crippen molar-refractivity contribution in [3.8, 4) is 0 Å². The van der Waals surface area contributed by atoms with Gasteiger partial charge >= 0.3 is 0 Å². The van der Waals surface area contributed by atoms with Gasteiger partial charge in [-0.2, -0.15) is 0 Å². The van der Waals surface area contributed by atoms with Gasteiger partial charge in [-0.25, -0.2) is 0 Å². The third-order valence-electron chi connectivity index (χ3n) is 1.31. The Labute approximate surface area is 52.0 Å². The molecule has 0 unspecified atom stereocenters. The number of hydrogen-bond donors (Lipinski definition) is 0. The molecule has 3 nitrogen and oxygen atoms in total. The first-order chi connectivity index (χ1) is 4.22. The molecule has 1 aliphatic carbocycles. The quantitative estimate of drug-likeness (QED) is 0.425. The summed E-state index contributed by atoms with van der Waals surface area (Å²) in [5.41, 5.74) is 0. The average Bonchev–Trinajstić information content (AvgIpc) is 1.83. The fourth-order valence-electron chi connectivity index (χ4n) is 0.792. The van der Waals surface area contributed by atoms with Crippen LogP contribution in [0.2, 0.25) is 0 Å². The van der Waals surface area contributed by atoms with Gasteiger partial charge in [0.25, 0.3) is 5.78 Å². The SMILES string of the molecule is O=C1CCCC(=O)C1=O. The van der Waals surface area contributed by atoms with Crippen LogP contribution in [0.1, 0.15) is 19.3 Å². The van der Waals surface area contributed by atoms with E-state index in [4.69, 9.17) is 0 Å². The number of ketones is 3. The molecule has 0 radical (unpaired) electrons. The Bertz CT molecular complexity index is 163. The van der Waals surface area contributed by atoms with Gasteiger partial charge in [0.05, 0.1) is 0 Å². The second-order valence-electron chi connectivity index (χ2n) is 2.03. The molecule has 0 N–H and O–H groups in total. The lowest BCUT2D eigenvalue weighted by Gasteiger charge is -2.03.